The molecule has 0 spiro atoms. The van der Waals surface area contributed by atoms with Crippen molar-refractivity contribution in [1.29, 1.82) is 5.26 Å². The van der Waals surface area contributed by atoms with Crippen LogP contribution >= 0.6 is 23.1 Å². The van der Waals surface area contributed by atoms with Crippen molar-refractivity contribution in [1.82, 2.24) is 4.37 Å². The number of aryl methyl sites for hydroxylation is 1. The van der Waals surface area contributed by atoms with Crippen LogP contribution in [0.25, 0.3) is 0 Å². The SMILES string of the molecule is Cc1nsc(Nc2c(F)cccc2Cl)c1C#N. The van der Waals surface area contributed by atoms with Crippen molar-refractivity contribution < 1.29 is 4.39 Å². The Bertz CT molecular complexity index is 583. The van der Waals surface area contributed by atoms with Gasteiger partial charge in [-0.15, -0.1) is 0 Å². The van der Waals surface area contributed by atoms with E-state index < -0.39 is 5.82 Å². The van der Waals surface area contributed by atoms with Gasteiger partial charge in [-0.25, -0.2) is 4.39 Å². The van der Waals surface area contributed by atoms with Crippen LogP contribution in [0.15, 0.2) is 18.2 Å². The molecule has 1 heterocycles. The molecule has 0 saturated heterocycles. The summed E-state index contributed by atoms with van der Waals surface area (Å²) < 4.78 is 17.6. The van der Waals surface area contributed by atoms with Gasteiger partial charge >= 0.3 is 0 Å². The van der Waals surface area contributed by atoms with Crippen molar-refractivity contribution in [3.05, 3.63) is 40.3 Å². The zero-order valence-electron chi connectivity index (χ0n) is 8.79. The van der Waals surface area contributed by atoms with E-state index in [1.165, 1.54) is 12.1 Å². The molecule has 86 valence electrons. The van der Waals surface area contributed by atoms with Gasteiger partial charge in [0.25, 0.3) is 0 Å². The fourth-order valence-corrected chi connectivity index (χ4v) is 2.28. The van der Waals surface area contributed by atoms with E-state index in [9.17, 15) is 4.39 Å². The summed E-state index contributed by atoms with van der Waals surface area (Å²) in [7, 11) is 0. The molecule has 0 bridgehead atoms. The molecular weight excluding hydrogens is 261 g/mol. The Morgan fingerprint density at radius 2 is 2.29 bits per heavy atom. The van der Waals surface area contributed by atoms with E-state index >= 15 is 0 Å². The molecule has 17 heavy (non-hydrogen) atoms. The van der Waals surface area contributed by atoms with Crippen LogP contribution in [0.1, 0.15) is 11.3 Å². The number of nitrogens with one attached hydrogen (secondary N) is 1. The highest BCUT2D eigenvalue weighted by Gasteiger charge is 2.13. The van der Waals surface area contributed by atoms with Gasteiger partial charge in [0.05, 0.1) is 16.4 Å². The molecule has 2 rings (SSSR count). The highest BCUT2D eigenvalue weighted by molar-refractivity contribution is 7.10. The number of aromatic nitrogens is 1. The zero-order valence-corrected chi connectivity index (χ0v) is 10.4. The summed E-state index contributed by atoms with van der Waals surface area (Å²) in [6.07, 6.45) is 0. The molecule has 0 aliphatic carbocycles. The van der Waals surface area contributed by atoms with Gasteiger partial charge in [0.2, 0.25) is 0 Å². The lowest BCUT2D eigenvalue weighted by molar-refractivity contribution is 0.632. The monoisotopic (exact) mass is 267 g/mol. The lowest BCUT2D eigenvalue weighted by atomic mass is 10.2. The minimum Gasteiger partial charge on any atom is -0.341 e. The second kappa shape index (κ2) is 4.70. The summed E-state index contributed by atoms with van der Waals surface area (Å²) in [5, 5.41) is 12.5. The number of anilines is 2. The molecule has 0 aliphatic heterocycles. The maximum atomic E-state index is 13.5. The average molecular weight is 268 g/mol. The van der Waals surface area contributed by atoms with E-state index in [4.69, 9.17) is 16.9 Å². The second-order valence-electron chi connectivity index (χ2n) is 3.31. The van der Waals surface area contributed by atoms with E-state index in [0.717, 1.165) is 11.5 Å². The Kier molecular flexibility index (Phi) is 3.27. The highest BCUT2D eigenvalue weighted by Crippen LogP contribution is 2.32. The summed E-state index contributed by atoms with van der Waals surface area (Å²) in [6, 6.07) is 6.42. The molecule has 0 unspecified atom stereocenters. The van der Waals surface area contributed by atoms with Crippen LogP contribution in [0.2, 0.25) is 5.02 Å². The molecule has 2 aromatic rings. The van der Waals surface area contributed by atoms with E-state index in [-0.39, 0.29) is 10.7 Å². The van der Waals surface area contributed by atoms with Gasteiger partial charge in [-0.2, -0.15) is 9.64 Å². The quantitative estimate of drug-likeness (QED) is 0.899. The Labute approximate surface area is 107 Å². The Morgan fingerprint density at radius 1 is 1.53 bits per heavy atom. The van der Waals surface area contributed by atoms with Crippen LogP contribution in [0, 0.1) is 24.1 Å². The average Bonchev–Trinajstić information content (AvgIpc) is 2.64. The number of rotatable bonds is 2. The fraction of sp³-hybridized carbons (Fsp3) is 0.0909. The Morgan fingerprint density at radius 3 is 2.94 bits per heavy atom. The first-order chi connectivity index (χ1) is 8.13. The molecule has 1 N–H and O–H groups in total. The van der Waals surface area contributed by atoms with Crippen LogP contribution in [-0.4, -0.2) is 4.37 Å². The van der Waals surface area contributed by atoms with Gasteiger partial charge in [-0.3, -0.25) is 0 Å². The summed E-state index contributed by atoms with van der Waals surface area (Å²) in [5.74, 6) is -0.465. The molecule has 0 amide bonds. The molecule has 0 fully saturated rings. The van der Waals surface area contributed by atoms with Crippen LogP contribution in [-0.2, 0) is 0 Å². The van der Waals surface area contributed by atoms with Crippen LogP contribution in [0.4, 0.5) is 15.1 Å². The van der Waals surface area contributed by atoms with Crippen molar-refractivity contribution >= 4 is 33.8 Å². The first kappa shape index (κ1) is 11.8. The molecule has 0 atom stereocenters. The minimum atomic E-state index is -0.465. The summed E-state index contributed by atoms with van der Waals surface area (Å²) in [5.41, 5.74) is 1.19. The first-order valence-electron chi connectivity index (χ1n) is 4.71. The van der Waals surface area contributed by atoms with Gasteiger partial charge in [0, 0.05) is 0 Å². The van der Waals surface area contributed by atoms with E-state index in [0.29, 0.717) is 16.3 Å². The van der Waals surface area contributed by atoms with Crippen molar-refractivity contribution in [3.8, 4) is 6.07 Å². The lowest BCUT2D eigenvalue weighted by Crippen LogP contribution is -1.94. The van der Waals surface area contributed by atoms with Gasteiger partial charge in [-0.05, 0) is 30.6 Å². The summed E-state index contributed by atoms with van der Waals surface area (Å²) in [6.45, 7) is 1.73. The number of nitriles is 1. The molecular formula is C11H7ClFN3S. The second-order valence-corrected chi connectivity index (χ2v) is 4.49. The standard InChI is InChI=1S/C11H7ClFN3S/c1-6-7(5-14)11(17-16-6)15-10-8(12)3-2-4-9(10)13/h2-4,15H,1H3. The van der Waals surface area contributed by atoms with Crippen molar-refractivity contribution in [2.24, 2.45) is 0 Å². The van der Waals surface area contributed by atoms with E-state index in [1.54, 1.807) is 13.0 Å². The molecule has 1 aromatic heterocycles. The smallest absolute Gasteiger partial charge is 0.148 e. The Hall–Kier alpha value is -1.64. The number of benzene rings is 1. The third kappa shape index (κ3) is 2.23. The zero-order chi connectivity index (χ0) is 12.4. The number of nitrogens with zero attached hydrogens (tertiary/aromatic N) is 2. The van der Waals surface area contributed by atoms with E-state index in [2.05, 4.69) is 9.69 Å². The topological polar surface area (TPSA) is 48.7 Å². The van der Waals surface area contributed by atoms with Gasteiger partial charge in [0.15, 0.2) is 0 Å². The number of para-hydroxylation sites is 1. The maximum absolute atomic E-state index is 13.5. The van der Waals surface area contributed by atoms with Crippen molar-refractivity contribution in [2.45, 2.75) is 6.92 Å². The van der Waals surface area contributed by atoms with Crippen molar-refractivity contribution in [3.63, 3.8) is 0 Å². The predicted octanol–water partition coefficient (Wildman–Crippen LogP) is 3.86. The molecule has 6 heteroatoms. The van der Waals surface area contributed by atoms with Gasteiger partial charge in [0.1, 0.15) is 22.5 Å². The third-order valence-corrected chi connectivity index (χ3v) is 3.34. The summed E-state index contributed by atoms with van der Waals surface area (Å²) in [4.78, 5) is 0. The molecule has 0 saturated carbocycles. The van der Waals surface area contributed by atoms with Crippen LogP contribution < -0.4 is 5.32 Å². The highest BCUT2D eigenvalue weighted by atomic mass is 35.5. The van der Waals surface area contributed by atoms with Crippen LogP contribution in [0.5, 0.6) is 0 Å². The summed E-state index contributed by atoms with van der Waals surface area (Å²) >= 11 is 6.98. The normalized spacial score (nSPS) is 10.0. The number of hydrogen-bond donors (Lipinski definition) is 1. The first-order valence-corrected chi connectivity index (χ1v) is 5.86. The van der Waals surface area contributed by atoms with Crippen molar-refractivity contribution in [2.75, 3.05) is 5.32 Å². The molecule has 0 radical (unpaired) electrons. The third-order valence-electron chi connectivity index (χ3n) is 2.18. The van der Waals surface area contributed by atoms with Gasteiger partial charge in [-0.1, -0.05) is 17.7 Å². The fourth-order valence-electron chi connectivity index (χ4n) is 1.32. The number of hydrogen-bond acceptors (Lipinski definition) is 4. The molecule has 3 nitrogen and oxygen atoms in total. The van der Waals surface area contributed by atoms with Crippen LogP contribution in [0.3, 0.4) is 0 Å². The molecule has 1 aromatic carbocycles. The molecule has 0 aliphatic rings. The lowest BCUT2D eigenvalue weighted by Gasteiger charge is -2.07. The van der Waals surface area contributed by atoms with Gasteiger partial charge < -0.3 is 5.32 Å². The van der Waals surface area contributed by atoms with E-state index in [1.807, 2.05) is 6.07 Å². The predicted molar refractivity (Wildman–Crippen MR) is 66.3 cm³/mol. The Balaban J connectivity index is 2.42. The number of halogens is 2. The largest absolute Gasteiger partial charge is 0.341 e. The maximum Gasteiger partial charge on any atom is 0.148 e. The minimum absolute atomic E-state index is 0.161.